The Morgan fingerprint density at radius 1 is 0.952 bits per heavy atom. The number of anilines is 1. The summed E-state index contributed by atoms with van der Waals surface area (Å²) in [5.41, 5.74) is 4.62. The molecule has 0 fully saturated rings. The molecule has 0 saturated carbocycles. The summed E-state index contributed by atoms with van der Waals surface area (Å²) in [6, 6.07) is 16.6. The molecule has 0 unspecified atom stereocenters. The lowest BCUT2D eigenvalue weighted by Gasteiger charge is -2.07. The zero-order valence-electron chi connectivity index (χ0n) is 11.9. The highest BCUT2D eigenvalue weighted by Gasteiger charge is 2.02. The van der Waals surface area contributed by atoms with Crippen LogP contribution >= 0.6 is 0 Å². The number of aromatic nitrogens is 2. The van der Waals surface area contributed by atoms with Crippen molar-refractivity contribution in [3.05, 3.63) is 66.1 Å². The summed E-state index contributed by atoms with van der Waals surface area (Å²) in [6.07, 6.45) is 2.41. The van der Waals surface area contributed by atoms with E-state index >= 15 is 0 Å². The van der Waals surface area contributed by atoms with E-state index in [1.807, 2.05) is 24.3 Å². The first kappa shape index (κ1) is 13.4. The summed E-state index contributed by atoms with van der Waals surface area (Å²) in [5, 5.41) is 11.0. The third-order valence-corrected chi connectivity index (χ3v) is 3.42. The summed E-state index contributed by atoms with van der Waals surface area (Å²) < 4.78 is 5.17. The van der Waals surface area contributed by atoms with E-state index in [0.29, 0.717) is 5.89 Å². The highest BCUT2D eigenvalue weighted by Crippen LogP contribution is 2.19. The van der Waals surface area contributed by atoms with Gasteiger partial charge in [0.15, 0.2) is 0 Å². The second-order valence-electron chi connectivity index (χ2n) is 4.84. The fraction of sp³-hybridized carbons (Fsp3) is 0.176. The van der Waals surface area contributed by atoms with E-state index < -0.39 is 0 Å². The molecule has 0 aliphatic carbocycles. The number of nitrogens with one attached hydrogen (secondary N) is 1. The van der Waals surface area contributed by atoms with Crippen molar-refractivity contribution in [2.75, 3.05) is 5.32 Å². The number of hydrogen-bond acceptors (Lipinski definition) is 4. The molecule has 106 valence electrons. The summed E-state index contributed by atoms with van der Waals surface area (Å²) in [7, 11) is 0. The molecule has 21 heavy (non-hydrogen) atoms. The van der Waals surface area contributed by atoms with Crippen molar-refractivity contribution in [2.45, 2.75) is 19.9 Å². The number of aryl methyl sites for hydroxylation is 1. The van der Waals surface area contributed by atoms with Gasteiger partial charge in [0.25, 0.3) is 0 Å². The minimum absolute atomic E-state index is 0.539. The molecule has 0 amide bonds. The van der Waals surface area contributed by atoms with Crippen LogP contribution in [-0.4, -0.2) is 10.2 Å². The molecule has 0 atom stereocenters. The average molecular weight is 279 g/mol. The van der Waals surface area contributed by atoms with Gasteiger partial charge in [0, 0.05) is 17.8 Å². The van der Waals surface area contributed by atoms with Gasteiger partial charge in [-0.3, -0.25) is 0 Å². The van der Waals surface area contributed by atoms with Crippen LogP contribution in [-0.2, 0) is 13.0 Å². The van der Waals surface area contributed by atoms with E-state index in [1.54, 1.807) is 0 Å². The van der Waals surface area contributed by atoms with Gasteiger partial charge in [-0.25, -0.2) is 0 Å². The van der Waals surface area contributed by atoms with Gasteiger partial charge in [-0.1, -0.05) is 31.2 Å². The third kappa shape index (κ3) is 3.28. The van der Waals surface area contributed by atoms with Gasteiger partial charge < -0.3 is 9.73 Å². The zero-order valence-corrected chi connectivity index (χ0v) is 11.9. The standard InChI is InChI=1S/C17H17N3O/c1-2-13-3-5-14(6-4-13)11-18-16-9-7-15(8-10-16)17-20-19-12-21-17/h3-10,12,18H,2,11H2,1H3. The van der Waals surface area contributed by atoms with E-state index in [0.717, 1.165) is 24.2 Å². The minimum Gasteiger partial charge on any atom is -0.423 e. The molecule has 1 heterocycles. The van der Waals surface area contributed by atoms with E-state index in [4.69, 9.17) is 4.42 Å². The van der Waals surface area contributed by atoms with Gasteiger partial charge in [0.05, 0.1) is 0 Å². The lowest BCUT2D eigenvalue weighted by atomic mass is 10.1. The number of benzene rings is 2. The molecule has 3 aromatic rings. The largest absolute Gasteiger partial charge is 0.423 e. The Bertz CT molecular complexity index is 673. The molecule has 4 heteroatoms. The predicted octanol–water partition coefficient (Wildman–Crippen LogP) is 3.91. The van der Waals surface area contributed by atoms with Crippen LogP contribution in [0.4, 0.5) is 5.69 Å². The van der Waals surface area contributed by atoms with Crippen molar-refractivity contribution in [2.24, 2.45) is 0 Å². The number of rotatable bonds is 5. The van der Waals surface area contributed by atoms with Crippen molar-refractivity contribution in [1.82, 2.24) is 10.2 Å². The molecule has 0 saturated heterocycles. The molecule has 0 aliphatic heterocycles. The van der Waals surface area contributed by atoms with Crippen LogP contribution in [0, 0.1) is 0 Å². The van der Waals surface area contributed by atoms with Crippen LogP contribution < -0.4 is 5.32 Å². The second kappa shape index (κ2) is 6.22. The predicted molar refractivity (Wildman–Crippen MR) is 82.9 cm³/mol. The molecule has 0 radical (unpaired) electrons. The van der Waals surface area contributed by atoms with Crippen LogP contribution in [0.1, 0.15) is 18.1 Å². The fourth-order valence-corrected chi connectivity index (χ4v) is 2.13. The summed E-state index contributed by atoms with van der Waals surface area (Å²) in [4.78, 5) is 0. The molecule has 4 nitrogen and oxygen atoms in total. The monoisotopic (exact) mass is 279 g/mol. The van der Waals surface area contributed by atoms with Crippen molar-refractivity contribution >= 4 is 5.69 Å². The Morgan fingerprint density at radius 3 is 2.29 bits per heavy atom. The zero-order chi connectivity index (χ0) is 14.5. The first-order valence-electron chi connectivity index (χ1n) is 7.03. The van der Waals surface area contributed by atoms with E-state index in [9.17, 15) is 0 Å². The summed E-state index contributed by atoms with van der Waals surface area (Å²) in [6.45, 7) is 2.97. The highest BCUT2D eigenvalue weighted by atomic mass is 16.4. The maximum atomic E-state index is 5.17. The SMILES string of the molecule is CCc1ccc(CNc2ccc(-c3nnco3)cc2)cc1. The number of hydrogen-bond donors (Lipinski definition) is 1. The topological polar surface area (TPSA) is 51.0 Å². The van der Waals surface area contributed by atoms with Crippen molar-refractivity contribution < 1.29 is 4.42 Å². The highest BCUT2D eigenvalue weighted by molar-refractivity contribution is 5.58. The molecule has 1 aromatic heterocycles. The molecule has 3 rings (SSSR count). The van der Waals surface area contributed by atoms with Crippen LogP contribution in [0.25, 0.3) is 11.5 Å². The van der Waals surface area contributed by atoms with Gasteiger partial charge in [0.1, 0.15) is 0 Å². The molecule has 0 aliphatic rings. The Labute approximate surface area is 123 Å². The lowest BCUT2D eigenvalue weighted by molar-refractivity contribution is 0.568. The normalized spacial score (nSPS) is 10.5. The van der Waals surface area contributed by atoms with Crippen LogP contribution in [0.3, 0.4) is 0 Å². The van der Waals surface area contributed by atoms with Gasteiger partial charge in [-0.05, 0) is 41.8 Å². The molecule has 0 bridgehead atoms. The average Bonchev–Trinajstić information content (AvgIpc) is 3.08. The molecule has 0 spiro atoms. The maximum Gasteiger partial charge on any atom is 0.247 e. The first-order valence-corrected chi connectivity index (χ1v) is 7.03. The van der Waals surface area contributed by atoms with Gasteiger partial charge >= 0.3 is 0 Å². The van der Waals surface area contributed by atoms with Crippen LogP contribution in [0.5, 0.6) is 0 Å². The first-order chi connectivity index (χ1) is 10.3. The summed E-state index contributed by atoms with van der Waals surface area (Å²) in [5.74, 6) is 0.539. The third-order valence-electron chi connectivity index (χ3n) is 3.42. The van der Waals surface area contributed by atoms with Crippen molar-refractivity contribution in [1.29, 1.82) is 0 Å². The van der Waals surface area contributed by atoms with Gasteiger partial charge in [-0.2, -0.15) is 0 Å². The Kier molecular flexibility index (Phi) is 3.96. The van der Waals surface area contributed by atoms with E-state index in [1.165, 1.54) is 17.5 Å². The Balaban J connectivity index is 1.62. The van der Waals surface area contributed by atoms with Crippen molar-refractivity contribution in [3.63, 3.8) is 0 Å². The Morgan fingerprint density at radius 2 is 1.67 bits per heavy atom. The smallest absolute Gasteiger partial charge is 0.247 e. The fourth-order valence-electron chi connectivity index (χ4n) is 2.13. The van der Waals surface area contributed by atoms with Crippen molar-refractivity contribution in [3.8, 4) is 11.5 Å². The van der Waals surface area contributed by atoms with Crippen LogP contribution in [0.2, 0.25) is 0 Å². The summed E-state index contributed by atoms with van der Waals surface area (Å²) >= 11 is 0. The van der Waals surface area contributed by atoms with E-state index in [2.05, 4.69) is 46.7 Å². The quantitative estimate of drug-likeness (QED) is 0.769. The molecular formula is C17H17N3O. The number of nitrogens with zero attached hydrogens (tertiary/aromatic N) is 2. The lowest BCUT2D eigenvalue weighted by Crippen LogP contribution is -1.99. The van der Waals surface area contributed by atoms with Gasteiger partial charge in [-0.15, -0.1) is 10.2 Å². The van der Waals surface area contributed by atoms with Crippen LogP contribution in [0.15, 0.2) is 59.3 Å². The molecule has 1 N–H and O–H groups in total. The minimum atomic E-state index is 0.539. The Hall–Kier alpha value is -2.62. The molecule has 2 aromatic carbocycles. The van der Waals surface area contributed by atoms with Gasteiger partial charge in [0.2, 0.25) is 12.3 Å². The molecular weight excluding hydrogens is 262 g/mol. The van der Waals surface area contributed by atoms with E-state index in [-0.39, 0.29) is 0 Å². The maximum absolute atomic E-state index is 5.17. The second-order valence-corrected chi connectivity index (χ2v) is 4.84.